The summed E-state index contributed by atoms with van der Waals surface area (Å²) in [6.07, 6.45) is -0.644. The Balaban J connectivity index is 1.24. The van der Waals surface area contributed by atoms with Crippen LogP contribution in [0.3, 0.4) is 0 Å². The van der Waals surface area contributed by atoms with Gasteiger partial charge in [-0.2, -0.15) is 13.2 Å². The van der Waals surface area contributed by atoms with Crippen LogP contribution in [0.2, 0.25) is 0 Å². The zero-order valence-electron chi connectivity index (χ0n) is 22.5. The van der Waals surface area contributed by atoms with E-state index in [1.54, 1.807) is 17.0 Å². The van der Waals surface area contributed by atoms with E-state index in [4.69, 9.17) is 9.47 Å². The number of ether oxygens (including phenoxy) is 2. The number of benzene rings is 1. The SMILES string of the molecule is CC(C)(C)OC(=O)N1CCC(NC(=O)c2ccnc(OC3CCN(c4ccc(C(F)(F)F)cc4)CC3)c2)CC1. The lowest BCUT2D eigenvalue weighted by Gasteiger charge is -2.34. The van der Waals surface area contributed by atoms with Crippen molar-refractivity contribution in [3.8, 4) is 5.88 Å². The van der Waals surface area contributed by atoms with Crippen LogP contribution in [0, 0.1) is 0 Å². The number of anilines is 1. The van der Waals surface area contributed by atoms with Crippen LogP contribution >= 0.6 is 0 Å². The average Bonchev–Trinajstić information content (AvgIpc) is 2.88. The van der Waals surface area contributed by atoms with Crippen LogP contribution in [0.4, 0.5) is 23.7 Å². The summed E-state index contributed by atoms with van der Waals surface area (Å²) in [6.45, 7) is 7.78. The summed E-state index contributed by atoms with van der Waals surface area (Å²) in [5.74, 6) is 0.130. The molecular formula is C28H35F3N4O4. The first-order valence-electron chi connectivity index (χ1n) is 13.2. The third-order valence-corrected chi connectivity index (χ3v) is 6.77. The predicted molar refractivity (Wildman–Crippen MR) is 140 cm³/mol. The number of pyridine rings is 1. The molecular weight excluding hydrogens is 513 g/mol. The van der Waals surface area contributed by atoms with E-state index in [2.05, 4.69) is 10.3 Å². The highest BCUT2D eigenvalue weighted by Crippen LogP contribution is 2.31. The number of piperidine rings is 2. The third kappa shape index (κ3) is 8.00. The van der Waals surface area contributed by atoms with Crippen LogP contribution in [-0.4, -0.2) is 65.8 Å². The molecule has 2 aliphatic heterocycles. The maximum Gasteiger partial charge on any atom is 0.416 e. The van der Waals surface area contributed by atoms with Crippen LogP contribution in [0.1, 0.15) is 62.4 Å². The van der Waals surface area contributed by atoms with E-state index in [-0.39, 0.29) is 24.1 Å². The Bertz CT molecular complexity index is 1130. The van der Waals surface area contributed by atoms with E-state index < -0.39 is 17.3 Å². The Hall–Kier alpha value is -3.50. The number of nitrogens with one attached hydrogen (secondary N) is 1. The van der Waals surface area contributed by atoms with Gasteiger partial charge in [-0.05, 0) is 63.9 Å². The highest BCUT2D eigenvalue weighted by Gasteiger charge is 2.31. The molecule has 1 N–H and O–H groups in total. The van der Waals surface area contributed by atoms with Gasteiger partial charge in [-0.25, -0.2) is 9.78 Å². The van der Waals surface area contributed by atoms with E-state index in [1.807, 2.05) is 25.7 Å². The molecule has 2 amide bonds. The molecule has 2 saturated heterocycles. The summed E-state index contributed by atoms with van der Waals surface area (Å²) in [4.78, 5) is 33.1. The molecule has 212 valence electrons. The van der Waals surface area contributed by atoms with E-state index >= 15 is 0 Å². The number of amides is 2. The van der Waals surface area contributed by atoms with Gasteiger partial charge in [0.25, 0.3) is 5.91 Å². The van der Waals surface area contributed by atoms with Gasteiger partial charge >= 0.3 is 12.3 Å². The van der Waals surface area contributed by atoms with Crippen molar-refractivity contribution in [2.45, 2.75) is 70.4 Å². The second-order valence-corrected chi connectivity index (χ2v) is 10.9. The van der Waals surface area contributed by atoms with Gasteiger partial charge in [0, 0.05) is 68.6 Å². The number of hydrogen-bond acceptors (Lipinski definition) is 6. The van der Waals surface area contributed by atoms with E-state index in [0.29, 0.717) is 63.3 Å². The number of carbonyl (C=O) groups excluding carboxylic acids is 2. The molecule has 0 saturated carbocycles. The fourth-order valence-electron chi connectivity index (χ4n) is 4.68. The molecule has 0 spiro atoms. The third-order valence-electron chi connectivity index (χ3n) is 6.77. The van der Waals surface area contributed by atoms with Crippen LogP contribution in [0.15, 0.2) is 42.6 Å². The summed E-state index contributed by atoms with van der Waals surface area (Å²) in [6, 6.07) is 8.39. The second-order valence-electron chi connectivity index (χ2n) is 10.9. The maximum atomic E-state index is 12.9. The van der Waals surface area contributed by atoms with Crippen molar-refractivity contribution < 1.29 is 32.2 Å². The molecule has 0 bridgehead atoms. The van der Waals surface area contributed by atoms with Gasteiger partial charge in [-0.3, -0.25) is 4.79 Å². The van der Waals surface area contributed by atoms with Crippen molar-refractivity contribution in [3.63, 3.8) is 0 Å². The van der Waals surface area contributed by atoms with Gasteiger partial charge in [0.1, 0.15) is 11.7 Å². The van der Waals surface area contributed by atoms with E-state index in [0.717, 1.165) is 17.8 Å². The highest BCUT2D eigenvalue weighted by molar-refractivity contribution is 5.94. The zero-order valence-corrected chi connectivity index (χ0v) is 22.5. The maximum absolute atomic E-state index is 12.9. The Kier molecular flexibility index (Phi) is 8.56. The largest absolute Gasteiger partial charge is 0.474 e. The monoisotopic (exact) mass is 548 g/mol. The van der Waals surface area contributed by atoms with Gasteiger partial charge < -0.3 is 24.6 Å². The van der Waals surface area contributed by atoms with Crippen molar-refractivity contribution >= 4 is 17.7 Å². The van der Waals surface area contributed by atoms with Gasteiger partial charge in [-0.1, -0.05) is 0 Å². The summed E-state index contributed by atoms with van der Waals surface area (Å²) >= 11 is 0. The van der Waals surface area contributed by atoms with Gasteiger partial charge in [0.05, 0.1) is 5.56 Å². The fraction of sp³-hybridized carbons (Fsp3) is 0.536. The molecule has 0 radical (unpaired) electrons. The van der Waals surface area contributed by atoms with Crippen LogP contribution in [0.25, 0.3) is 0 Å². The number of carbonyl (C=O) groups is 2. The van der Waals surface area contributed by atoms with Crippen molar-refractivity contribution in [1.29, 1.82) is 0 Å². The van der Waals surface area contributed by atoms with Crippen LogP contribution < -0.4 is 15.0 Å². The summed E-state index contributed by atoms with van der Waals surface area (Å²) in [5, 5.41) is 3.03. The van der Waals surface area contributed by atoms with Crippen molar-refractivity contribution in [1.82, 2.24) is 15.2 Å². The number of alkyl halides is 3. The average molecular weight is 549 g/mol. The number of nitrogens with zero attached hydrogens (tertiary/aromatic N) is 3. The van der Waals surface area contributed by atoms with Crippen molar-refractivity contribution in [2.24, 2.45) is 0 Å². The molecule has 2 aliphatic rings. The number of hydrogen-bond donors (Lipinski definition) is 1. The topological polar surface area (TPSA) is 84.0 Å². The second kappa shape index (κ2) is 11.7. The molecule has 1 aromatic carbocycles. The standard InChI is InChI=1S/C28H35F3N4O4/c1-27(2,3)39-26(37)35-14-9-21(10-15-35)33-25(36)19-8-13-32-24(18-19)38-23-11-16-34(17-12-23)22-6-4-20(5-7-22)28(29,30)31/h4-8,13,18,21,23H,9-12,14-17H2,1-3H3,(H,33,36). The molecule has 4 rings (SSSR count). The zero-order chi connectivity index (χ0) is 28.2. The Morgan fingerprint density at radius 1 is 0.949 bits per heavy atom. The molecule has 2 aromatic rings. The van der Waals surface area contributed by atoms with Gasteiger partial charge in [0.15, 0.2) is 0 Å². The molecule has 2 fully saturated rings. The summed E-state index contributed by atoms with van der Waals surface area (Å²) < 4.78 is 49.9. The number of halogens is 3. The number of aromatic nitrogens is 1. The van der Waals surface area contributed by atoms with Gasteiger partial charge in [-0.15, -0.1) is 0 Å². The van der Waals surface area contributed by atoms with Crippen LogP contribution in [-0.2, 0) is 10.9 Å². The normalized spacial score (nSPS) is 17.6. The van der Waals surface area contributed by atoms with Gasteiger partial charge in [0.2, 0.25) is 5.88 Å². The Labute approximate surface area is 226 Å². The summed E-state index contributed by atoms with van der Waals surface area (Å²) in [7, 11) is 0. The Morgan fingerprint density at radius 3 is 2.18 bits per heavy atom. The first-order chi connectivity index (χ1) is 18.4. The molecule has 0 unspecified atom stereocenters. The number of likely N-dealkylation sites (tertiary alicyclic amines) is 1. The lowest BCUT2D eigenvalue weighted by molar-refractivity contribution is -0.137. The fourth-order valence-corrected chi connectivity index (χ4v) is 4.68. The molecule has 39 heavy (non-hydrogen) atoms. The minimum absolute atomic E-state index is 0.0526. The van der Waals surface area contributed by atoms with E-state index in [9.17, 15) is 22.8 Å². The minimum Gasteiger partial charge on any atom is -0.474 e. The van der Waals surface area contributed by atoms with Crippen LogP contribution in [0.5, 0.6) is 5.88 Å². The molecule has 3 heterocycles. The predicted octanol–water partition coefficient (Wildman–Crippen LogP) is 5.28. The lowest BCUT2D eigenvalue weighted by Crippen LogP contribution is -2.47. The van der Waals surface area contributed by atoms with E-state index in [1.165, 1.54) is 18.3 Å². The first kappa shape index (κ1) is 28.5. The molecule has 11 heteroatoms. The summed E-state index contributed by atoms with van der Waals surface area (Å²) in [5.41, 5.74) is -0.0236. The van der Waals surface area contributed by atoms with Crippen molar-refractivity contribution in [3.05, 3.63) is 53.7 Å². The quantitative estimate of drug-likeness (QED) is 0.548. The Morgan fingerprint density at radius 2 is 1.59 bits per heavy atom. The minimum atomic E-state index is -4.35. The number of rotatable bonds is 5. The lowest BCUT2D eigenvalue weighted by atomic mass is 10.0. The molecule has 1 aromatic heterocycles. The highest BCUT2D eigenvalue weighted by atomic mass is 19.4. The van der Waals surface area contributed by atoms with Crippen molar-refractivity contribution in [2.75, 3.05) is 31.1 Å². The first-order valence-corrected chi connectivity index (χ1v) is 13.2. The molecule has 8 nitrogen and oxygen atoms in total. The smallest absolute Gasteiger partial charge is 0.416 e. The molecule has 0 aliphatic carbocycles. The molecule has 0 atom stereocenters.